The number of morpholine rings is 1. The fourth-order valence-corrected chi connectivity index (χ4v) is 4.26. The van der Waals surface area contributed by atoms with E-state index in [9.17, 15) is 13.6 Å². The second-order valence-electron chi connectivity index (χ2n) is 8.94. The average molecular weight is 454 g/mol. The molecule has 4 rings (SSSR count). The molecule has 2 aromatic carbocycles. The highest BCUT2D eigenvalue weighted by molar-refractivity contribution is 5.84. The highest BCUT2D eigenvalue weighted by atomic mass is 19.1. The van der Waals surface area contributed by atoms with Crippen molar-refractivity contribution >= 4 is 16.8 Å². The summed E-state index contributed by atoms with van der Waals surface area (Å²) in [5, 5.41) is 1.04. The summed E-state index contributed by atoms with van der Waals surface area (Å²) in [5.74, 6) is -0.974. The summed E-state index contributed by atoms with van der Waals surface area (Å²) in [6.45, 7) is 6.81. The number of benzene rings is 2. The van der Waals surface area contributed by atoms with Crippen LogP contribution >= 0.6 is 0 Å². The van der Waals surface area contributed by atoms with Crippen LogP contribution in [0.4, 0.5) is 8.78 Å². The van der Waals surface area contributed by atoms with Crippen LogP contribution in [0.2, 0.25) is 0 Å². The van der Waals surface area contributed by atoms with Crippen molar-refractivity contribution in [3.63, 3.8) is 0 Å². The summed E-state index contributed by atoms with van der Waals surface area (Å²) in [5.41, 5.74) is 2.29. The molecule has 0 N–H and O–H groups in total. The molecule has 1 aliphatic rings. The monoisotopic (exact) mass is 453 g/mol. The van der Waals surface area contributed by atoms with Crippen molar-refractivity contribution in [2.24, 2.45) is 5.92 Å². The van der Waals surface area contributed by atoms with Gasteiger partial charge in [-0.2, -0.15) is 0 Å². The van der Waals surface area contributed by atoms with Crippen molar-refractivity contribution in [2.75, 3.05) is 26.2 Å². The quantitative estimate of drug-likeness (QED) is 0.532. The van der Waals surface area contributed by atoms with Crippen LogP contribution in [0.1, 0.15) is 25.0 Å². The molecule has 3 aromatic rings. The number of rotatable bonds is 7. The molecule has 0 bridgehead atoms. The maximum atomic E-state index is 14.1. The zero-order valence-electron chi connectivity index (χ0n) is 19.0. The number of halogens is 2. The van der Waals surface area contributed by atoms with Crippen LogP contribution in [0, 0.1) is 17.6 Å². The van der Waals surface area contributed by atoms with Crippen LogP contribution in [-0.4, -0.2) is 53.0 Å². The molecule has 5 nitrogen and oxygen atoms in total. The Morgan fingerprint density at radius 3 is 2.79 bits per heavy atom. The molecule has 1 amide bonds. The number of fused-ring (bicyclic) bond motifs is 1. The normalized spacial score (nSPS) is 16.9. The molecule has 1 aliphatic heterocycles. The Hall–Kier alpha value is -2.90. The molecule has 1 saturated heterocycles. The zero-order chi connectivity index (χ0) is 23.4. The first-order valence-corrected chi connectivity index (χ1v) is 11.3. The molecule has 1 aromatic heterocycles. The van der Waals surface area contributed by atoms with E-state index in [0.717, 1.165) is 22.5 Å². The van der Waals surface area contributed by atoms with Gasteiger partial charge in [0.05, 0.1) is 12.1 Å². The van der Waals surface area contributed by atoms with E-state index in [1.54, 1.807) is 6.20 Å². The molecule has 2 heterocycles. The van der Waals surface area contributed by atoms with Gasteiger partial charge in [0.15, 0.2) is 0 Å². The van der Waals surface area contributed by atoms with Gasteiger partial charge in [0.2, 0.25) is 0 Å². The molecule has 0 saturated carbocycles. The van der Waals surface area contributed by atoms with Gasteiger partial charge in [-0.25, -0.2) is 8.78 Å². The van der Waals surface area contributed by atoms with Gasteiger partial charge in [0.25, 0.3) is 5.91 Å². The smallest absolute Gasteiger partial charge is 0.253 e. The Labute approximate surface area is 193 Å². The molecular formula is C26H29F2N3O2. The fraction of sp³-hybridized carbons (Fsp3) is 0.385. The van der Waals surface area contributed by atoms with E-state index in [2.05, 4.69) is 18.8 Å². The molecule has 7 heteroatoms. The number of carbonyl (C=O) groups is 1. The first-order valence-electron chi connectivity index (χ1n) is 11.3. The third-order valence-electron chi connectivity index (χ3n) is 5.81. The molecule has 0 radical (unpaired) electrons. The SMILES string of the molecule is CC(C)CN(Cc1cccc2cccnc12)C(=O)[C@H]1CN(Cc2ccc(F)cc2F)CCO1. The lowest BCUT2D eigenvalue weighted by molar-refractivity contribution is -0.151. The van der Waals surface area contributed by atoms with Gasteiger partial charge in [-0.3, -0.25) is 14.7 Å². The summed E-state index contributed by atoms with van der Waals surface area (Å²) >= 11 is 0. The molecule has 174 valence electrons. The van der Waals surface area contributed by atoms with Gasteiger partial charge >= 0.3 is 0 Å². The van der Waals surface area contributed by atoms with Crippen LogP contribution in [0.25, 0.3) is 10.9 Å². The number of hydrogen-bond donors (Lipinski definition) is 0. The maximum absolute atomic E-state index is 14.1. The van der Waals surface area contributed by atoms with Crippen LogP contribution in [-0.2, 0) is 22.6 Å². The van der Waals surface area contributed by atoms with Gasteiger partial charge in [0.1, 0.15) is 17.7 Å². The molecule has 0 unspecified atom stereocenters. The van der Waals surface area contributed by atoms with E-state index >= 15 is 0 Å². The summed E-state index contributed by atoms with van der Waals surface area (Å²) in [7, 11) is 0. The van der Waals surface area contributed by atoms with Crippen molar-refractivity contribution < 1.29 is 18.3 Å². The third kappa shape index (κ3) is 5.72. The number of nitrogens with zero attached hydrogens (tertiary/aromatic N) is 3. The predicted molar refractivity (Wildman–Crippen MR) is 123 cm³/mol. The average Bonchev–Trinajstić information content (AvgIpc) is 2.80. The van der Waals surface area contributed by atoms with E-state index in [-0.39, 0.29) is 11.8 Å². The van der Waals surface area contributed by atoms with Crippen LogP contribution in [0.15, 0.2) is 54.7 Å². The topological polar surface area (TPSA) is 45.7 Å². The molecular weight excluding hydrogens is 424 g/mol. The van der Waals surface area contributed by atoms with E-state index in [0.29, 0.717) is 44.9 Å². The maximum Gasteiger partial charge on any atom is 0.253 e. The van der Waals surface area contributed by atoms with Crippen molar-refractivity contribution in [1.29, 1.82) is 0 Å². The number of carbonyl (C=O) groups excluding carboxylic acids is 1. The van der Waals surface area contributed by atoms with Crippen molar-refractivity contribution in [1.82, 2.24) is 14.8 Å². The molecule has 0 aliphatic carbocycles. The minimum absolute atomic E-state index is 0.0825. The largest absolute Gasteiger partial charge is 0.366 e. The molecule has 0 spiro atoms. The van der Waals surface area contributed by atoms with Crippen LogP contribution in [0.3, 0.4) is 0 Å². The number of hydrogen-bond acceptors (Lipinski definition) is 4. The third-order valence-corrected chi connectivity index (χ3v) is 5.81. The van der Waals surface area contributed by atoms with E-state index < -0.39 is 17.7 Å². The van der Waals surface area contributed by atoms with Gasteiger partial charge in [-0.1, -0.05) is 44.2 Å². The van der Waals surface area contributed by atoms with Gasteiger partial charge < -0.3 is 9.64 Å². The lowest BCUT2D eigenvalue weighted by atomic mass is 10.1. The van der Waals surface area contributed by atoms with Crippen molar-refractivity contribution in [3.05, 3.63) is 77.5 Å². The Balaban J connectivity index is 1.50. The highest BCUT2D eigenvalue weighted by Gasteiger charge is 2.31. The summed E-state index contributed by atoms with van der Waals surface area (Å²) in [6.07, 6.45) is 1.13. The number of para-hydroxylation sites is 1. The summed E-state index contributed by atoms with van der Waals surface area (Å²) < 4.78 is 33.2. The van der Waals surface area contributed by atoms with Crippen LogP contribution in [0.5, 0.6) is 0 Å². The van der Waals surface area contributed by atoms with Crippen molar-refractivity contribution in [3.8, 4) is 0 Å². The minimum atomic E-state index is -0.635. The summed E-state index contributed by atoms with van der Waals surface area (Å²) in [4.78, 5) is 21.8. The van der Waals surface area contributed by atoms with E-state index in [1.165, 1.54) is 12.1 Å². The lowest BCUT2D eigenvalue weighted by Gasteiger charge is -2.35. The first-order chi connectivity index (χ1) is 15.9. The lowest BCUT2D eigenvalue weighted by Crippen LogP contribution is -2.51. The molecule has 1 fully saturated rings. The van der Waals surface area contributed by atoms with Gasteiger partial charge in [-0.05, 0) is 23.6 Å². The number of amides is 1. The second-order valence-corrected chi connectivity index (χ2v) is 8.94. The Morgan fingerprint density at radius 1 is 1.18 bits per heavy atom. The van der Waals surface area contributed by atoms with Gasteiger partial charge in [0, 0.05) is 55.9 Å². The zero-order valence-corrected chi connectivity index (χ0v) is 19.0. The van der Waals surface area contributed by atoms with E-state index in [1.807, 2.05) is 40.1 Å². The number of aromatic nitrogens is 1. The summed E-state index contributed by atoms with van der Waals surface area (Å²) in [6, 6.07) is 13.5. The molecule has 1 atom stereocenters. The Bertz CT molecular complexity index is 1120. The van der Waals surface area contributed by atoms with Crippen molar-refractivity contribution in [2.45, 2.75) is 33.0 Å². The van der Waals surface area contributed by atoms with Crippen LogP contribution < -0.4 is 0 Å². The van der Waals surface area contributed by atoms with Gasteiger partial charge in [-0.15, -0.1) is 0 Å². The second kappa shape index (κ2) is 10.4. The number of pyridine rings is 1. The standard InChI is InChI=1S/C26H29F2N3O2/c1-18(2)14-31(16-21-6-3-5-19-7-4-10-29-25(19)21)26(32)24-17-30(11-12-33-24)15-20-8-9-22(27)13-23(20)28/h3-10,13,18,24H,11-12,14-17H2,1-2H3/t24-/m1/s1. The first kappa shape index (κ1) is 23.3. The Morgan fingerprint density at radius 2 is 2.00 bits per heavy atom. The highest BCUT2D eigenvalue weighted by Crippen LogP contribution is 2.21. The Kier molecular flexibility index (Phi) is 7.30. The minimum Gasteiger partial charge on any atom is -0.366 e. The fourth-order valence-electron chi connectivity index (χ4n) is 4.26. The molecule has 33 heavy (non-hydrogen) atoms. The van der Waals surface area contributed by atoms with E-state index in [4.69, 9.17) is 4.74 Å². The predicted octanol–water partition coefficient (Wildman–Crippen LogP) is 4.40. The number of ether oxygens (including phenoxy) is 1.